The maximum absolute atomic E-state index is 11.3. The minimum Gasteiger partial charge on any atom is -0.455 e. The minimum absolute atomic E-state index is 0.0669. The van der Waals surface area contributed by atoms with Crippen LogP contribution in [0.15, 0.2) is 36.5 Å². The number of carbonyl (C=O) groups is 1. The van der Waals surface area contributed by atoms with E-state index in [1.165, 1.54) is 38.5 Å². The van der Waals surface area contributed by atoms with E-state index in [9.17, 15) is 4.79 Å². The zero-order chi connectivity index (χ0) is 13.9. The van der Waals surface area contributed by atoms with Crippen molar-refractivity contribution in [3.63, 3.8) is 0 Å². The van der Waals surface area contributed by atoms with Crippen LogP contribution in [0.1, 0.15) is 58.3 Å². The summed E-state index contributed by atoms with van der Waals surface area (Å²) in [6, 6.07) is 0. The summed E-state index contributed by atoms with van der Waals surface area (Å²) in [7, 11) is 0. The second-order valence-corrected chi connectivity index (χ2v) is 5.12. The number of allylic oxidation sites excluding steroid dienone is 2. The molecule has 2 heteroatoms. The lowest BCUT2D eigenvalue weighted by atomic mass is 10.1. The molecule has 2 nitrogen and oxygen atoms in total. The van der Waals surface area contributed by atoms with Crippen LogP contribution in [0.25, 0.3) is 0 Å². The van der Waals surface area contributed by atoms with Crippen LogP contribution in [0.2, 0.25) is 0 Å². The third-order valence-electron chi connectivity index (χ3n) is 3.27. The highest BCUT2D eigenvalue weighted by Crippen LogP contribution is 2.15. The Kier molecular flexibility index (Phi) is 7.95. The molecule has 0 aromatic heterocycles. The Morgan fingerprint density at radius 1 is 1.16 bits per heavy atom. The van der Waals surface area contributed by atoms with Crippen molar-refractivity contribution in [3.8, 4) is 0 Å². The highest BCUT2D eigenvalue weighted by Gasteiger charge is 2.19. The molecular weight excluding hydrogens is 236 g/mol. The molecule has 1 atom stereocenters. The average Bonchev–Trinajstić information content (AvgIpc) is 2.70. The zero-order valence-corrected chi connectivity index (χ0v) is 12.1. The molecule has 0 saturated carbocycles. The number of hydrogen-bond acceptors (Lipinski definition) is 2. The quantitative estimate of drug-likeness (QED) is 0.323. The Hall–Kier alpha value is -1.31. The highest BCUT2D eigenvalue weighted by atomic mass is 16.5. The SMILES string of the molecule is C=CCCCCCCCCC=CC1=CC(C)OC1=O. The third kappa shape index (κ3) is 7.00. The molecule has 0 aromatic rings. The van der Waals surface area contributed by atoms with Gasteiger partial charge < -0.3 is 4.74 Å². The molecule has 0 bridgehead atoms. The third-order valence-corrected chi connectivity index (χ3v) is 3.27. The molecule has 0 fully saturated rings. The largest absolute Gasteiger partial charge is 0.455 e. The van der Waals surface area contributed by atoms with Crippen LogP contribution in [0, 0.1) is 0 Å². The van der Waals surface area contributed by atoms with Gasteiger partial charge in [0.05, 0.1) is 5.57 Å². The number of hydrogen-bond donors (Lipinski definition) is 0. The van der Waals surface area contributed by atoms with Gasteiger partial charge in [0.15, 0.2) is 0 Å². The van der Waals surface area contributed by atoms with Gasteiger partial charge in [-0.05, 0) is 38.7 Å². The number of carbonyl (C=O) groups excluding carboxylic acids is 1. The van der Waals surface area contributed by atoms with E-state index < -0.39 is 0 Å². The Labute approximate surface area is 117 Å². The van der Waals surface area contributed by atoms with E-state index in [0.717, 1.165) is 12.8 Å². The minimum atomic E-state index is -0.189. The first-order valence-corrected chi connectivity index (χ1v) is 7.44. The van der Waals surface area contributed by atoms with Crippen LogP contribution in [0.5, 0.6) is 0 Å². The van der Waals surface area contributed by atoms with Crippen molar-refractivity contribution >= 4 is 5.97 Å². The normalized spacial score (nSPS) is 18.7. The fourth-order valence-electron chi connectivity index (χ4n) is 2.18. The Bertz CT molecular complexity index is 339. The van der Waals surface area contributed by atoms with Crippen LogP contribution >= 0.6 is 0 Å². The first-order chi connectivity index (χ1) is 9.24. The second-order valence-electron chi connectivity index (χ2n) is 5.12. The van der Waals surface area contributed by atoms with Crippen LogP contribution in [-0.4, -0.2) is 12.1 Å². The lowest BCUT2D eigenvalue weighted by Crippen LogP contribution is -2.02. The molecule has 0 spiro atoms. The summed E-state index contributed by atoms with van der Waals surface area (Å²) in [5.74, 6) is -0.189. The number of unbranched alkanes of at least 4 members (excludes halogenated alkanes) is 7. The highest BCUT2D eigenvalue weighted by molar-refractivity contribution is 5.93. The van der Waals surface area contributed by atoms with Gasteiger partial charge in [-0.25, -0.2) is 4.79 Å². The van der Waals surface area contributed by atoms with Crippen LogP contribution < -0.4 is 0 Å². The molecule has 19 heavy (non-hydrogen) atoms. The van der Waals surface area contributed by atoms with Gasteiger partial charge in [0.25, 0.3) is 0 Å². The molecular formula is C17H26O2. The monoisotopic (exact) mass is 262 g/mol. The van der Waals surface area contributed by atoms with Gasteiger partial charge in [0, 0.05) is 0 Å². The maximum atomic E-state index is 11.3. The van der Waals surface area contributed by atoms with Crippen molar-refractivity contribution in [2.75, 3.05) is 0 Å². The van der Waals surface area contributed by atoms with Gasteiger partial charge >= 0.3 is 5.97 Å². The smallest absolute Gasteiger partial charge is 0.338 e. The van der Waals surface area contributed by atoms with Gasteiger partial charge in [-0.3, -0.25) is 0 Å². The summed E-state index contributed by atoms with van der Waals surface area (Å²) >= 11 is 0. The first kappa shape index (κ1) is 15.7. The molecule has 1 aliphatic rings. The Morgan fingerprint density at radius 2 is 1.79 bits per heavy atom. The number of esters is 1. The van der Waals surface area contributed by atoms with Gasteiger partial charge in [-0.2, -0.15) is 0 Å². The van der Waals surface area contributed by atoms with E-state index in [1.54, 1.807) is 0 Å². The summed E-state index contributed by atoms with van der Waals surface area (Å²) in [5, 5.41) is 0. The molecule has 0 aromatic carbocycles. The van der Waals surface area contributed by atoms with Gasteiger partial charge in [0.2, 0.25) is 0 Å². The van der Waals surface area contributed by atoms with Crippen molar-refractivity contribution < 1.29 is 9.53 Å². The number of rotatable bonds is 10. The molecule has 0 N–H and O–H groups in total. The van der Waals surface area contributed by atoms with Crippen molar-refractivity contribution in [1.82, 2.24) is 0 Å². The predicted octanol–water partition coefficient (Wildman–Crippen LogP) is 4.72. The standard InChI is InChI=1S/C17H26O2/c1-3-4-5-6-7-8-9-10-11-12-13-16-14-15(2)19-17(16)18/h3,12-15H,1,4-11H2,2H3. The summed E-state index contributed by atoms with van der Waals surface area (Å²) in [4.78, 5) is 11.3. The van der Waals surface area contributed by atoms with Gasteiger partial charge in [-0.15, -0.1) is 6.58 Å². The van der Waals surface area contributed by atoms with Crippen LogP contribution in [-0.2, 0) is 9.53 Å². The van der Waals surface area contributed by atoms with Crippen molar-refractivity contribution in [3.05, 3.63) is 36.5 Å². The lowest BCUT2D eigenvalue weighted by Gasteiger charge is -1.99. The van der Waals surface area contributed by atoms with E-state index >= 15 is 0 Å². The summed E-state index contributed by atoms with van der Waals surface area (Å²) in [6.07, 6.45) is 17.7. The molecule has 0 saturated heterocycles. The molecule has 1 heterocycles. The topological polar surface area (TPSA) is 26.3 Å². The number of ether oxygens (including phenoxy) is 1. The molecule has 106 valence electrons. The molecule has 0 aliphatic carbocycles. The Morgan fingerprint density at radius 3 is 2.37 bits per heavy atom. The van der Waals surface area contributed by atoms with Gasteiger partial charge in [0.1, 0.15) is 6.10 Å². The molecule has 0 amide bonds. The zero-order valence-electron chi connectivity index (χ0n) is 12.1. The molecule has 1 aliphatic heterocycles. The van der Waals surface area contributed by atoms with Crippen LogP contribution in [0.4, 0.5) is 0 Å². The summed E-state index contributed by atoms with van der Waals surface area (Å²) < 4.78 is 5.03. The molecule has 1 rings (SSSR count). The fraction of sp³-hybridized carbons (Fsp3) is 0.588. The fourth-order valence-corrected chi connectivity index (χ4v) is 2.18. The van der Waals surface area contributed by atoms with Crippen LogP contribution in [0.3, 0.4) is 0 Å². The maximum Gasteiger partial charge on any atom is 0.338 e. The predicted molar refractivity (Wildman–Crippen MR) is 79.9 cm³/mol. The van der Waals surface area contributed by atoms with Crippen molar-refractivity contribution in [2.45, 2.75) is 64.4 Å². The average molecular weight is 262 g/mol. The van der Waals surface area contributed by atoms with E-state index in [1.807, 2.05) is 25.2 Å². The first-order valence-electron chi connectivity index (χ1n) is 7.44. The Balaban J connectivity index is 1.97. The van der Waals surface area contributed by atoms with Gasteiger partial charge in [-0.1, -0.05) is 43.9 Å². The van der Waals surface area contributed by atoms with Crippen molar-refractivity contribution in [1.29, 1.82) is 0 Å². The second kappa shape index (κ2) is 9.60. The molecule has 0 radical (unpaired) electrons. The van der Waals surface area contributed by atoms with E-state index in [-0.39, 0.29) is 12.1 Å². The lowest BCUT2D eigenvalue weighted by molar-refractivity contribution is -0.138. The van der Waals surface area contributed by atoms with E-state index in [0.29, 0.717) is 5.57 Å². The summed E-state index contributed by atoms with van der Waals surface area (Å²) in [6.45, 7) is 5.61. The van der Waals surface area contributed by atoms with Crippen molar-refractivity contribution in [2.24, 2.45) is 0 Å². The van der Waals surface area contributed by atoms with E-state index in [4.69, 9.17) is 4.74 Å². The van der Waals surface area contributed by atoms with E-state index in [2.05, 4.69) is 12.7 Å². The summed E-state index contributed by atoms with van der Waals surface area (Å²) in [5.41, 5.74) is 0.705. The number of cyclic esters (lactones) is 1. The molecule has 1 unspecified atom stereocenters.